The van der Waals surface area contributed by atoms with E-state index in [1.54, 1.807) is 0 Å². The second-order valence-electron chi connectivity index (χ2n) is 6.74. The Morgan fingerprint density at radius 1 is 1.12 bits per heavy atom. The number of carbonyl (C=O) groups is 1. The van der Waals surface area contributed by atoms with Gasteiger partial charge in [-0.25, -0.2) is 13.2 Å². The molecule has 2 amide bonds. The summed E-state index contributed by atoms with van der Waals surface area (Å²) in [5.74, 6) is 0. The lowest BCUT2D eigenvalue weighted by molar-refractivity contribution is -0.385. The zero-order valence-electron chi connectivity index (χ0n) is 16.8. The van der Waals surface area contributed by atoms with Crippen LogP contribution in [0, 0.1) is 10.1 Å². The van der Waals surface area contributed by atoms with Crippen molar-refractivity contribution in [2.75, 3.05) is 37.0 Å². The molecule has 0 spiro atoms. The van der Waals surface area contributed by atoms with E-state index < -0.39 is 43.3 Å². The Balaban J connectivity index is 1.79. The number of nitrogens with zero attached hydrogens (tertiary/aromatic N) is 2. The van der Waals surface area contributed by atoms with Crippen molar-refractivity contribution in [3.63, 3.8) is 0 Å². The van der Waals surface area contributed by atoms with Gasteiger partial charge in [0.25, 0.3) is 5.69 Å². The third-order valence-corrected chi connectivity index (χ3v) is 6.46. The molecule has 1 fully saturated rings. The summed E-state index contributed by atoms with van der Waals surface area (Å²) in [5.41, 5.74) is 2.67. The van der Waals surface area contributed by atoms with Crippen LogP contribution in [0.3, 0.4) is 0 Å². The van der Waals surface area contributed by atoms with Crippen LogP contribution < -0.4 is 16.2 Å². The topological polar surface area (TPSA) is 143 Å². The number of hydrogen-bond donors (Lipinski definition) is 3. The van der Waals surface area contributed by atoms with Crippen LogP contribution in [0.1, 0.15) is 5.56 Å². The number of nitro benzene ring substituents is 1. The predicted octanol–water partition coefficient (Wildman–Crippen LogP) is 2.78. The summed E-state index contributed by atoms with van der Waals surface area (Å²) in [7, 11) is -4.19. The molecule has 3 rings (SSSR count). The number of sulfonamides is 1. The molecule has 0 radical (unpaired) electrons. The lowest BCUT2D eigenvalue weighted by Crippen LogP contribution is -2.41. The number of hydrazine groups is 1. The third-order valence-electron chi connectivity index (χ3n) is 4.52. The van der Waals surface area contributed by atoms with Gasteiger partial charge >= 0.3 is 12.2 Å². The number of non-ortho nitro benzene ring substituents is 1. The molecule has 1 aliphatic heterocycles. The Morgan fingerprint density at radius 2 is 1.82 bits per heavy atom. The van der Waals surface area contributed by atoms with Crippen molar-refractivity contribution in [2.45, 2.75) is 11.1 Å². The number of hydrogen-bond acceptors (Lipinski definition) is 7. The number of nitro groups is 1. The van der Waals surface area contributed by atoms with E-state index in [0.717, 1.165) is 40.7 Å². The zero-order valence-corrected chi connectivity index (χ0v) is 17.6. The van der Waals surface area contributed by atoms with Crippen molar-refractivity contribution in [3.8, 4) is 0 Å². The van der Waals surface area contributed by atoms with Crippen molar-refractivity contribution in [1.29, 1.82) is 0 Å². The molecule has 1 heterocycles. The van der Waals surface area contributed by atoms with Gasteiger partial charge in [0, 0.05) is 30.9 Å². The summed E-state index contributed by atoms with van der Waals surface area (Å²) in [4.78, 5) is 22.0. The second-order valence-corrected chi connectivity index (χ2v) is 8.64. The zero-order chi connectivity index (χ0) is 24.2. The van der Waals surface area contributed by atoms with E-state index in [2.05, 4.69) is 16.2 Å². The summed E-state index contributed by atoms with van der Waals surface area (Å²) >= 11 is 0. The number of benzene rings is 2. The van der Waals surface area contributed by atoms with Gasteiger partial charge in [0.05, 0.1) is 29.4 Å². The van der Waals surface area contributed by atoms with Gasteiger partial charge in [0.15, 0.2) is 0 Å². The molecule has 0 saturated carbocycles. The number of anilines is 2. The highest BCUT2D eigenvalue weighted by Gasteiger charge is 2.31. The SMILES string of the molecule is O=C(NNc1ccc([N+](=O)[O-])cc1S(=O)(=O)N1CCOCC1)Nc1cccc(C(F)(F)F)c1. The molecule has 0 atom stereocenters. The Kier molecular flexibility index (Phi) is 7.04. The third kappa shape index (κ3) is 5.88. The Morgan fingerprint density at radius 3 is 2.45 bits per heavy atom. The average molecular weight is 489 g/mol. The molecule has 0 aromatic heterocycles. The minimum absolute atomic E-state index is 0.0356. The van der Waals surface area contributed by atoms with Gasteiger partial charge < -0.3 is 10.1 Å². The standard InChI is InChI=1S/C18H18F3N5O6S/c19-18(20,21)12-2-1-3-13(10-12)22-17(27)24-23-15-5-4-14(26(28)29)11-16(15)33(30,31)25-6-8-32-9-7-25/h1-5,10-11,23H,6-9H2,(H2,22,24,27). The maximum Gasteiger partial charge on any atom is 0.416 e. The number of ether oxygens (including phenoxy) is 1. The summed E-state index contributed by atoms with van der Waals surface area (Å²) < 4.78 is 70.7. The predicted molar refractivity (Wildman–Crippen MR) is 110 cm³/mol. The van der Waals surface area contributed by atoms with Crippen LogP contribution in [-0.4, -0.2) is 50.0 Å². The van der Waals surface area contributed by atoms with Crippen LogP contribution in [0.25, 0.3) is 0 Å². The fourth-order valence-electron chi connectivity index (χ4n) is 2.93. The number of rotatable bonds is 6. The van der Waals surface area contributed by atoms with Crippen LogP contribution in [0.2, 0.25) is 0 Å². The van der Waals surface area contributed by atoms with Gasteiger partial charge in [0.1, 0.15) is 4.90 Å². The van der Waals surface area contributed by atoms with Gasteiger partial charge in [0.2, 0.25) is 10.0 Å². The van der Waals surface area contributed by atoms with E-state index >= 15 is 0 Å². The van der Waals surface area contributed by atoms with E-state index in [0.29, 0.717) is 0 Å². The van der Waals surface area contributed by atoms with E-state index in [9.17, 15) is 36.5 Å². The van der Waals surface area contributed by atoms with Gasteiger partial charge in [-0.05, 0) is 24.3 Å². The molecular formula is C18H18F3N5O6S. The monoisotopic (exact) mass is 489 g/mol. The van der Waals surface area contributed by atoms with Crippen molar-refractivity contribution >= 4 is 33.1 Å². The first-order valence-electron chi connectivity index (χ1n) is 9.35. The van der Waals surface area contributed by atoms with Gasteiger partial charge in [-0.1, -0.05) is 6.07 Å². The van der Waals surface area contributed by atoms with Crippen molar-refractivity contribution in [2.24, 2.45) is 0 Å². The molecule has 0 aliphatic carbocycles. The molecule has 0 unspecified atom stereocenters. The number of alkyl halides is 3. The van der Waals surface area contributed by atoms with E-state index in [4.69, 9.17) is 4.74 Å². The van der Waals surface area contributed by atoms with Gasteiger partial charge in [-0.15, -0.1) is 0 Å². The normalized spacial score (nSPS) is 15.0. The maximum absolute atomic E-state index is 13.0. The number of halogens is 3. The lowest BCUT2D eigenvalue weighted by atomic mass is 10.2. The largest absolute Gasteiger partial charge is 0.416 e. The maximum atomic E-state index is 13.0. The first kappa shape index (κ1) is 24.2. The first-order valence-corrected chi connectivity index (χ1v) is 10.8. The average Bonchev–Trinajstić information content (AvgIpc) is 2.77. The lowest BCUT2D eigenvalue weighted by Gasteiger charge is -2.27. The molecular weight excluding hydrogens is 471 g/mol. The Bertz CT molecular complexity index is 1150. The van der Waals surface area contributed by atoms with Crippen LogP contribution in [-0.2, 0) is 20.9 Å². The summed E-state index contributed by atoms with van der Waals surface area (Å²) in [6, 6.07) is 5.87. The fourth-order valence-corrected chi connectivity index (χ4v) is 4.50. The molecule has 2 aromatic carbocycles. The molecule has 2 aromatic rings. The quantitative estimate of drug-likeness (QED) is 0.418. The van der Waals surface area contributed by atoms with Crippen molar-refractivity contribution in [3.05, 3.63) is 58.1 Å². The van der Waals surface area contributed by atoms with E-state index in [1.807, 2.05) is 0 Å². The highest BCUT2D eigenvalue weighted by Crippen LogP contribution is 2.31. The second kappa shape index (κ2) is 9.60. The fraction of sp³-hybridized carbons (Fsp3) is 0.278. The molecule has 15 heteroatoms. The number of amides is 2. The summed E-state index contributed by atoms with van der Waals surface area (Å²) in [6.07, 6.45) is -4.60. The van der Waals surface area contributed by atoms with Crippen LogP contribution >= 0.6 is 0 Å². The van der Waals surface area contributed by atoms with Crippen LogP contribution in [0.5, 0.6) is 0 Å². The molecule has 178 valence electrons. The molecule has 3 N–H and O–H groups in total. The van der Waals surface area contributed by atoms with Crippen molar-refractivity contribution in [1.82, 2.24) is 9.73 Å². The Labute approximate surface area is 185 Å². The molecule has 11 nitrogen and oxygen atoms in total. The van der Waals surface area contributed by atoms with Crippen molar-refractivity contribution < 1.29 is 36.0 Å². The molecule has 1 aliphatic rings. The minimum atomic E-state index is -4.60. The van der Waals surface area contributed by atoms with Crippen LogP contribution in [0.15, 0.2) is 47.4 Å². The Hall–Kier alpha value is -3.43. The number of nitrogens with one attached hydrogen (secondary N) is 3. The summed E-state index contributed by atoms with van der Waals surface area (Å²) in [5, 5.41) is 13.3. The van der Waals surface area contributed by atoms with Crippen LogP contribution in [0.4, 0.5) is 35.0 Å². The molecule has 33 heavy (non-hydrogen) atoms. The molecule has 0 bridgehead atoms. The number of urea groups is 1. The highest BCUT2D eigenvalue weighted by atomic mass is 32.2. The highest BCUT2D eigenvalue weighted by molar-refractivity contribution is 7.89. The smallest absolute Gasteiger partial charge is 0.379 e. The number of carbonyl (C=O) groups excluding carboxylic acids is 1. The minimum Gasteiger partial charge on any atom is -0.379 e. The van der Waals surface area contributed by atoms with Gasteiger partial charge in [-0.3, -0.25) is 21.0 Å². The van der Waals surface area contributed by atoms with Gasteiger partial charge in [-0.2, -0.15) is 17.5 Å². The summed E-state index contributed by atoms with van der Waals surface area (Å²) in [6.45, 7) is 0.366. The molecule has 1 saturated heterocycles. The van der Waals surface area contributed by atoms with E-state index in [1.165, 1.54) is 6.07 Å². The van der Waals surface area contributed by atoms with E-state index in [-0.39, 0.29) is 37.7 Å². The first-order chi connectivity index (χ1) is 15.5. The number of morpholine rings is 1.